The van der Waals surface area contributed by atoms with Gasteiger partial charge in [-0.25, -0.2) is 4.98 Å². The van der Waals surface area contributed by atoms with Gasteiger partial charge in [-0.1, -0.05) is 6.07 Å². The summed E-state index contributed by atoms with van der Waals surface area (Å²) in [6, 6.07) is 3.94. The molecule has 0 saturated heterocycles. The number of benzene rings is 1. The molecule has 0 aliphatic carbocycles. The van der Waals surface area contributed by atoms with Gasteiger partial charge < -0.3 is 24.7 Å². The van der Waals surface area contributed by atoms with Crippen LogP contribution in [0.2, 0.25) is 0 Å². The first-order valence-electron chi connectivity index (χ1n) is 10.5. The Labute approximate surface area is 191 Å². The van der Waals surface area contributed by atoms with Crippen molar-refractivity contribution in [2.75, 3.05) is 33.8 Å². The molecular weight excluding hydrogens is 430 g/mol. The smallest absolute Gasteiger partial charge is 0.290 e. The van der Waals surface area contributed by atoms with Crippen LogP contribution in [0, 0.1) is 13.8 Å². The Morgan fingerprint density at radius 2 is 2.00 bits per heavy atom. The van der Waals surface area contributed by atoms with E-state index in [-0.39, 0.29) is 17.1 Å². The summed E-state index contributed by atoms with van der Waals surface area (Å²) in [7, 11) is 3.88. The van der Waals surface area contributed by atoms with Crippen molar-refractivity contribution in [1.82, 2.24) is 14.8 Å². The first kappa shape index (κ1) is 23.7. The van der Waals surface area contributed by atoms with Crippen molar-refractivity contribution in [3.63, 3.8) is 0 Å². The highest BCUT2D eigenvalue weighted by Crippen LogP contribution is 2.42. The summed E-state index contributed by atoms with van der Waals surface area (Å²) >= 11 is 1.24. The number of aryl methyl sites for hydroxylation is 2. The molecular formula is C23H29N3O5S. The number of Topliss-reactive ketones (excluding diaryl/α,β-unsaturated/α-hetero) is 1. The first-order chi connectivity index (χ1) is 15.1. The molecule has 2 N–H and O–H groups in total. The van der Waals surface area contributed by atoms with Crippen LogP contribution in [0.1, 0.15) is 45.3 Å². The maximum absolute atomic E-state index is 13.5. The van der Waals surface area contributed by atoms with Crippen molar-refractivity contribution in [3.05, 3.63) is 50.7 Å². The molecule has 0 fully saturated rings. The van der Waals surface area contributed by atoms with E-state index in [1.807, 2.05) is 25.9 Å². The van der Waals surface area contributed by atoms with Crippen LogP contribution >= 0.6 is 11.3 Å². The van der Waals surface area contributed by atoms with Crippen molar-refractivity contribution in [3.8, 4) is 11.5 Å². The highest BCUT2D eigenvalue weighted by Gasteiger charge is 2.44. The topological polar surface area (TPSA) is 103 Å². The third-order valence-electron chi connectivity index (χ3n) is 5.26. The summed E-state index contributed by atoms with van der Waals surface area (Å²) in [6.45, 7) is 6.79. The van der Waals surface area contributed by atoms with Crippen LogP contribution in [0.25, 0.3) is 0 Å². The van der Waals surface area contributed by atoms with E-state index in [1.165, 1.54) is 22.3 Å². The molecule has 1 aromatic heterocycles. The Kier molecular flexibility index (Phi) is 7.20. The number of hydrogen-bond donors (Lipinski definition) is 2. The average Bonchev–Trinajstić information content (AvgIpc) is 3.19. The number of nitrogens with zero attached hydrogens (tertiary/aromatic N) is 3. The maximum Gasteiger partial charge on any atom is 0.290 e. The molecule has 3 rings (SSSR count). The highest BCUT2D eigenvalue weighted by molar-refractivity contribution is 7.14. The molecule has 2 aromatic rings. The van der Waals surface area contributed by atoms with Crippen LogP contribution in [0.5, 0.6) is 11.5 Å². The van der Waals surface area contributed by atoms with Gasteiger partial charge in [-0.3, -0.25) is 9.59 Å². The molecule has 0 bridgehead atoms. The number of hydrogen-bond acceptors (Lipinski definition) is 8. The zero-order valence-electron chi connectivity index (χ0n) is 19.0. The minimum atomic E-state index is -0.793. The van der Waals surface area contributed by atoms with Crippen LogP contribution in [0.3, 0.4) is 0 Å². The molecule has 1 unspecified atom stereocenters. The Morgan fingerprint density at radius 1 is 1.28 bits per heavy atom. The number of phenolic OH excluding ortho intramolecular Hbond substituents is 1. The molecule has 1 aliphatic rings. The van der Waals surface area contributed by atoms with Crippen LogP contribution < -0.4 is 4.74 Å². The number of aromatic nitrogens is 1. The average molecular weight is 460 g/mol. The van der Waals surface area contributed by atoms with E-state index in [2.05, 4.69) is 4.98 Å². The quantitative estimate of drug-likeness (QED) is 0.554. The molecule has 2 heterocycles. The number of ether oxygens (including phenoxy) is 1. The monoisotopic (exact) mass is 459 g/mol. The molecule has 1 atom stereocenters. The maximum atomic E-state index is 13.5. The van der Waals surface area contributed by atoms with Gasteiger partial charge in [0.1, 0.15) is 0 Å². The molecule has 0 radical (unpaired) electrons. The third-order valence-corrected chi connectivity index (χ3v) is 6.33. The number of carbonyl (C=O) groups is 2. The molecule has 1 aliphatic heterocycles. The SMILES string of the molecule is CCOc1cc(C2C(C(=O)c3sc(C)nc3C)=C(O)C(=O)N2CCCN(C)C)ccc1O. The van der Waals surface area contributed by atoms with E-state index in [0.29, 0.717) is 35.7 Å². The summed E-state index contributed by atoms with van der Waals surface area (Å²) < 4.78 is 5.51. The standard InChI is InChI=1S/C23H29N3O5S/c1-6-31-17-12-15(8-9-16(17)27)19-18(20(28)22-13(2)24-14(3)32-22)21(29)23(30)26(19)11-7-10-25(4)5/h8-9,12,19,27,29H,6-7,10-11H2,1-5H3. The number of rotatable bonds is 9. The van der Waals surface area contributed by atoms with Crippen LogP contribution in [-0.4, -0.2) is 70.5 Å². The number of aromatic hydroxyl groups is 1. The second kappa shape index (κ2) is 9.70. The first-order valence-corrected chi connectivity index (χ1v) is 11.3. The fourth-order valence-electron chi connectivity index (χ4n) is 3.86. The molecule has 0 spiro atoms. The number of ketones is 1. The molecule has 1 amide bonds. The lowest BCUT2D eigenvalue weighted by Gasteiger charge is -2.27. The van der Waals surface area contributed by atoms with E-state index in [1.54, 1.807) is 26.0 Å². The van der Waals surface area contributed by atoms with Gasteiger partial charge in [-0.05, 0) is 65.5 Å². The predicted molar refractivity (Wildman–Crippen MR) is 122 cm³/mol. The summed E-state index contributed by atoms with van der Waals surface area (Å²) in [4.78, 5) is 34.8. The summed E-state index contributed by atoms with van der Waals surface area (Å²) in [5.41, 5.74) is 1.17. The Balaban J connectivity index is 2.08. The van der Waals surface area contributed by atoms with Crippen LogP contribution in [-0.2, 0) is 4.79 Å². The molecule has 8 nitrogen and oxygen atoms in total. The predicted octanol–water partition coefficient (Wildman–Crippen LogP) is 3.39. The largest absolute Gasteiger partial charge is 0.504 e. The van der Waals surface area contributed by atoms with Gasteiger partial charge in [0.2, 0.25) is 5.78 Å². The molecule has 1 aromatic carbocycles. The second-order valence-corrected chi connectivity index (χ2v) is 9.16. The minimum absolute atomic E-state index is 0.0275. The fourth-order valence-corrected chi connectivity index (χ4v) is 4.73. The Hall–Kier alpha value is -2.91. The number of aliphatic hydroxyl groups is 1. The van der Waals surface area contributed by atoms with E-state index in [0.717, 1.165) is 11.6 Å². The zero-order chi connectivity index (χ0) is 23.6. The molecule has 0 saturated carbocycles. The number of thiazole rings is 1. The van der Waals surface area contributed by atoms with Gasteiger partial charge in [-0.15, -0.1) is 11.3 Å². The Bertz CT molecular complexity index is 1060. The normalized spacial score (nSPS) is 16.4. The molecule has 172 valence electrons. The summed E-state index contributed by atoms with van der Waals surface area (Å²) in [5, 5.41) is 21.6. The van der Waals surface area contributed by atoms with Gasteiger partial charge >= 0.3 is 0 Å². The lowest BCUT2D eigenvalue weighted by molar-refractivity contribution is -0.129. The second-order valence-electron chi connectivity index (χ2n) is 7.96. The van der Waals surface area contributed by atoms with E-state index >= 15 is 0 Å². The summed E-state index contributed by atoms with van der Waals surface area (Å²) in [6.07, 6.45) is 0.666. The minimum Gasteiger partial charge on any atom is -0.504 e. The van der Waals surface area contributed by atoms with Gasteiger partial charge in [-0.2, -0.15) is 0 Å². The van der Waals surface area contributed by atoms with Crippen molar-refractivity contribution >= 4 is 23.0 Å². The Morgan fingerprint density at radius 3 is 2.59 bits per heavy atom. The van der Waals surface area contributed by atoms with E-state index < -0.39 is 23.5 Å². The summed E-state index contributed by atoms with van der Waals surface area (Å²) in [5.74, 6) is -1.31. The number of amides is 1. The van der Waals surface area contributed by atoms with Gasteiger partial charge in [0, 0.05) is 6.54 Å². The lowest BCUT2D eigenvalue weighted by Crippen LogP contribution is -2.33. The number of phenols is 1. The zero-order valence-corrected chi connectivity index (χ0v) is 19.8. The third kappa shape index (κ3) is 4.63. The highest BCUT2D eigenvalue weighted by atomic mass is 32.1. The molecule has 9 heteroatoms. The molecule has 32 heavy (non-hydrogen) atoms. The van der Waals surface area contributed by atoms with Crippen molar-refractivity contribution < 1.29 is 24.5 Å². The number of carbonyl (C=O) groups excluding carboxylic acids is 2. The fraction of sp³-hybridized carbons (Fsp3) is 0.435. The van der Waals surface area contributed by atoms with Gasteiger partial charge in [0.05, 0.1) is 33.8 Å². The van der Waals surface area contributed by atoms with Crippen molar-refractivity contribution in [1.29, 1.82) is 0 Å². The van der Waals surface area contributed by atoms with Crippen LogP contribution in [0.15, 0.2) is 29.5 Å². The van der Waals surface area contributed by atoms with Crippen molar-refractivity contribution in [2.24, 2.45) is 0 Å². The number of aliphatic hydroxyl groups excluding tert-OH is 1. The van der Waals surface area contributed by atoms with Gasteiger partial charge in [0.15, 0.2) is 17.3 Å². The van der Waals surface area contributed by atoms with E-state index in [9.17, 15) is 19.8 Å². The van der Waals surface area contributed by atoms with Crippen molar-refractivity contribution in [2.45, 2.75) is 33.2 Å². The lowest BCUT2D eigenvalue weighted by atomic mass is 9.94. The van der Waals surface area contributed by atoms with E-state index in [4.69, 9.17) is 4.74 Å². The van der Waals surface area contributed by atoms with Gasteiger partial charge in [0.25, 0.3) is 5.91 Å². The van der Waals surface area contributed by atoms with Crippen LogP contribution in [0.4, 0.5) is 0 Å².